The topological polar surface area (TPSA) is 32.8 Å². The lowest BCUT2D eigenvalue weighted by molar-refractivity contribution is 0.668. The zero-order valence-electron chi connectivity index (χ0n) is 51.1. The molecule has 4 heteroatoms. The maximum atomic E-state index is 6.96. The second-order valence-electron chi connectivity index (χ2n) is 25.3. The highest BCUT2D eigenvalue weighted by Crippen LogP contribution is 2.67. The monoisotopic (exact) mass is 1170 g/mol. The van der Waals surface area contributed by atoms with Gasteiger partial charge in [-0.05, 0) is 173 Å². The molecule has 0 saturated heterocycles. The van der Waals surface area contributed by atoms with Crippen molar-refractivity contribution in [1.29, 1.82) is 0 Å². The van der Waals surface area contributed by atoms with Crippen LogP contribution in [0.2, 0.25) is 0 Å². The van der Waals surface area contributed by atoms with Crippen molar-refractivity contribution in [3.8, 4) is 44.5 Å². The van der Waals surface area contributed by atoms with Gasteiger partial charge in [0.05, 0.1) is 28.2 Å². The Morgan fingerprint density at radius 3 is 1.08 bits per heavy atom. The summed E-state index contributed by atoms with van der Waals surface area (Å²) in [4.78, 5) is 4.90. The average molecular weight is 1170 g/mol. The zero-order chi connectivity index (χ0) is 60.6. The van der Waals surface area contributed by atoms with E-state index in [0.29, 0.717) is 0 Å². The average Bonchev–Trinajstić information content (AvgIpc) is 1.50. The summed E-state index contributed by atoms with van der Waals surface area (Å²) in [5, 5.41) is 9.36. The Kier molecular flexibility index (Phi) is 11.9. The van der Waals surface area contributed by atoms with Gasteiger partial charge in [0, 0.05) is 44.0 Å². The van der Waals surface area contributed by atoms with Gasteiger partial charge in [-0.25, -0.2) is 0 Å². The van der Waals surface area contributed by atoms with E-state index in [1.807, 2.05) is 0 Å². The van der Waals surface area contributed by atoms with Gasteiger partial charge in [0.25, 0.3) is 0 Å². The fraction of sp³-hybridized carbons (Fsp3) is 0.0805. The molecule has 0 atom stereocenters. The second kappa shape index (κ2) is 20.4. The largest absolute Gasteiger partial charge is 0.454 e. The van der Waals surface area contributed by atoms with E-state index >= 15 is 0 Å². The van der Waals surface area contributed by atoms with Crippen LogP contribution in [0, 0.1) is 0 Å². The Bertz CT molecular complexity index is 5280. The molecule has 0 saturated carbocycles. The minimum Gasteiger partial charge on any atom is -0.454 e. The number of rotatable bonds is 10. The highest BCUT2D eigenvalue weighted by Gasteiger charge is 2.54. The molecule has 0 fully saturated rings. The summed E-state index contributed by atoms with van der Waals surface area (Å²) in [6, 6.07) is 108. The van der Waals surface area contributed by atoms with Crippen molar-refractivity contribution < 1.29 is 8.83 Å². The number of hydrogen-bond donors (Lipinski definition) is 0. The van der Waals surface area contributed by atoms with Crippen LogP contribution in [-0.2, 0) is 5.41 Å². The van der Waals surface area contributed by atoms with Gasteiger partial charge < -0.3 is 18.6 Å². The minimum atomic E-state index is -0.693. The van der Waals surface area contributed by atoms with E-state index in [0.717, 1.165) is 100 Å². The van der Waals surface area contributed by atoms with Gasteiger partial charge in [-0.3, -0.25) is 0 Å². The molecule has 2 aliphatic carbocycles. The minimum absolute atomic E-state index is 0.184. The molecule has 2 aromatic heterocycles. The van der Waals surface area contributed by atoms with Gasteiger partial charge in [-0.15, -0.1) is 0 Å². The first-order valence-corrected chi connectivity index (χ1v) is 31.9. The molecule has 0 aliphatic heterocycles. The molecule has 91 heavy (non-hydrogen) atoms. The molecule has 2 aliphatic rings. The van der Waals surface area contributed by atoms with Crippen LogP contribution in [0.1, 0.15) is 72.9 Å². The normalized spacial score (nSPS) is 12.9. The van der Waals surface area contributed by atoms with Gasteiger partial charge in [-0.1, -0.05) is 246 Å². The van der Waals surface area contributed by atoms with Crippen LogP contribution < -0.4 is 9.80 Å². The quantitative estimate of drug-likeness (QED) is 0.137. The van der Waals surface area contributed by atoms with Crippen LogP contribution in [0.4, 0.5) is 34.1 Å². The molecule has 16 aromatic rings. The van der Waals surface area contributed by atoms with Gasteiger partial charge in [0.1, 0.15) is 11.2 Å². The molecule has 0 N–H and O–H groups in total. The third-order valence-corrected chi connectivity index (χ3v) is 19.8. The Morgan fingerprint density at radius 2 is 0.637 bits per heavy atom. The first kappa shape index (κ1) is 52.9. The lowest BCUT2D eigenvalue weighted by atomic mass is 9.67. The Morgan fingerprint density at radius 1 is 0.275 bits per heavy atom. The number of fused-ring (bicyclic) bond motifs is 20. The summed E-state index contributed by atoms with van der Waals surface area (Å²) in [5.41, 5.74) is 26.6. The maximum absolute atomic E-state index is 6.96. The molecular weight excluding hydrogens is 1100 g/mol. The van der Waals surface area contributed by atoms with E-state index < -0.39 is 5.41 Å². The van der Waals surface area contributed by atoms with E-state index in [4.69, 9.17) is 8.83 Å². The molecule has 0 radical (unpaired) electrons. The first-order valence-electron chi connectivity index (χ1n) is 31.9. The molecule has 4 nitrogen and oxygen atoms in total. The third-order valence-electron chi connectivity index (χ3n) is 19.8. The van der Waals surface area contributed by atoms with Crippen molar-refractivity contribution >= 4 is 99.5 Å². The summed E-state index contributed by atoms with van der Waals surface area (Å²) in [7, 11) is 0. The predicted molar refractivity (Wildman–Crippen MR) is 381 cm³/mol. The van der Waals surface area contributed by atoms with Crippen LogP contribution >= 0.6 is 0 Å². The number of hydrogen-bond acceptors (Lipinski definition) is 4. The van der Waals surface area contributed by atoms with Crippen LogP contribution in [0.3, 0.4) is 0 Å². The summed E-state index contributed by atoms with van der Waals surface area (Å²) in [5.74, 6) is 0.368. The third kappa shape index (κ3) is 7.76. The number of furan rings is 2. The zero-order valence-corrected chi connectivity index (χ0v) is 51.1. The molecule has 2 heterocycles. The molecule has 0 unspecified atom stereocenters. The van der Waals surface area contributed by atoms with Crippen molar-refractivity contribution in [1.82, 2.24) is 0 Å². The van der Waals surface area contributed by atoms with Gasteiger partial charge >= 0.3 is 0 Å². The first-order chi connectivity index (χ1) is 44.8. The molecular formula is C87H62N2O2. The van der Waals surface area contributed by atoms with Crippen molar-refractivity contribution in [2.45, 2.75) is 44.9 Å². The molecule has 14 aromatic carbocycles. The van der Waals surface area contributed by atoms with Gasteiger partial charge in [0.2, 0.25) is 0 Å². The summed E-state index contributed by atoms with van der Waals surface area (Å²) >= 11 is 0. The predicted octanol–water partition coefficient (Wildman–Crippen LogP) is 24.7. The number of nitrogens with zero attached hydrogens (tertiary/aromatic N) is 2. The maximum Gasteiger partial charge on any atom is 0.159 e. The lowest BCUT2D eigenvalue weighted by Crippen LogP contribution is -2.27. The van der Waals surface area contributed by atoms with Crippen LogP contribution in [0.5, 0.6) is 0 Å². The molecule has 0 bridgehead atoms. The van der Waals surface area contributed by atoms with E-state index in [1.165, 1.54) is 77.2 Å². The Labute approximate surface area is 529 Å². The van der Waals surface area contributed by atoms with Gasteiger partial charge in [0.15, 0.2) is 11.2 Å². The standard InChI is InChI=1S/C87H62N2O2/c1-53(2)69-51-73-74-52-70(54(3)4)72-50-58(89(78-40-20-14-30-60(78)56-27-9-6-10-28-56)80-42-24-36-68-64-34-16-22-44-82(64)91-86(68)80)46-48-66(72)84(74)87(75-37-17-11-31-61(75)62-32-12-18-38-76(62)87)83(73)65-47-45-57(49-71(65)69)88(77-39-19-13-29-59(77)55-25-7-5-8-26-55)79-41-23-35-67-63-33-15-21-43-81(63)90-85(67)79/h5-54H,1-4H3. The number of anilines is 6. The number of benzene rings is 14. The van der Waals surface area contributed by atoms with Crippen LogP contribution in [0.25, 0.3) is 110 Å². The van der Waals surface area contributed by atoms with Crippen LogP contribution in [0.15, 0.2) is 300 Å². The summed E-state index contributed by atoms with van der Waals surface area (Å²) in [6.07, 6.45) is 0. The highest BCUT2D eigenvalue weighted by molar-refractivity contribution is 6.15. The second-order valence-corrected chi connectivity index (χ2v) is 25.3. The lowest BCUT2D eigenvalue weighted by Gasteiger charge is -2.34. The molecule has 0 amide bonds. The van der Waals surface area contributed by atoms with E-state index in [1.54, 1.807) is 0 Å². The van der Waals surface area contributed by atoms with Crippen LogP contribution in [-0.4, -0.2) is 0 Å². The number of para-hydroxylation sites is 6. The smallest absolute Gasteiger partial charge is 0.159 e. The van der Waals surface area contributed by atoms with E-state index in [-0.39, 0.29) is 11.8 Å². The highest BCUT2D eigenvalue weighted by atomic mass is 16.3. The molecule has 1 spiro atoms. The van der Waals surface area contributed by atoms with E-state index in [2.05, 4.69) is 329 Å². The fourth-order valence-corrected chi connectivity index (χ4v) is 15.9. The van der Waals surface area contributed by atoms with Crippen molar-refractivity contribution in [3.63, 3.8) is 0 Å². The summed E-state index contributed by atoms with van der Waals surface area (Å²) in [6.45, 7) is 9.47. The van der Waals surface area contributed by atoms with Crippen molar-refractivity contribution in [2.75, 3.05) is 9.80 Å². The Balaban J connectivity index is 0.921. The SMILES string of the molecule is CC(C)c1cc2c(c3ccc(N(c4ccccc4-c4ccccc4)c4cccc5c4oc4ccccc45)cc13)C1(c3ccccc3-c3ccccc31)c1c-2cc(C(C)C)c2cc(N(c3ccccc3-c3ccccc3)c3cccc4c3oc3ccccc34)ccc12. The Hall–Kier alpha value is -11.2. The summed E-state index contributed by atoms with van der Waals surface area (Å²) < 4.78 is 13.9. The van der Waals surface area contributed by atoms with E-state index in [9.17, 15) is 0 Å². The van der Waals surface area contributed by atoms with Gasteiger partial charge in [-0.2, -0.15) is 0 Å². The van der Waals surface area contributed by atoms with Crippen molar-refractivity contribution in [2.24, 2.45) is 0 Å². The molecule has 432 valence electrons. The molecule has 18 rings (SSSR count). The van der Waals surface area contributed by atoms with Crippen molar-refractivity contribution in [3.05, 3.63) is 325 Å². The fourth-order valence-electron chi connectivity index (χ4n) is 15.9.